The van der Waals surface area contributed by atoms with Crippen LogP contribution in [0, 0.1) is 0 Å². The largest absolute Gasteiger partial charge is 0.478 e. The van der Waals surface area contributed by atoms with Crippen molar-refractivity contribution in [3.63, 3.8) is 0 Å². The first-order valence-corrected chi connectivity index (χ1v) is 8.74. The molecule has 0 bridgehead atoms. The van der Waals surface area contributed by atoms with Crippen molar-refractivity contribution in [1.29, 1.82) is 0 Å². The molecule has 136 valence electrons. The Morgan fingerprint density at radius 2 is 2.16 bits per heavy atom. The van der Waals surface area contributed by atoms with Gasteiger partial charge >= 0.3 is 0 Å². The van der Waals surface area contributed by atoms with E-state index < -0.39 is 0 Å². The molecule has 0 saturated carbocycles. The number of aryl methyl sites for hydroxylation is 1. The van der Waals surface area contributed by atoms with Crippen molar-refractivity contribution in [2.45, 2.75) is 40.3 Å². The SMILES string of the molecule is CCNC(=NCc1cccnc1OCC)NCCn1cnnc1CC. The van der Waals surface area contributed by atoms with E-state index in [1.165, 1.54) is 0 Å². The van der Waals surface area contributed by atoms with Crippen molar-refractivity contribution >= 4 is 5.96 Å². The number of aliphatic imine (C=N–C) groups is 1. The molecule has 0 atom stereocenters. The summed E-state index contributed by atoms with van der Waals surface area (Å²) in [4.78, 5) is 8.88. The zero-order valence-electron chi connectivity index (χ0n) is 15.2. The van der Waals surface area contributed by atoms with Crippen LogP contribution in [0.1, 0.15) is 32.2 Å². The van der Waals surface area contributed by atoms with Gasteiger partial charge in [-0.1, -0.05) is 13.0 Å². The van der Waals surface area contributed by atoms with Crippen LogP contribution in [-0.4, -0.2) is 45.4 Å². The fourth-order valence-electron chi connectivity index (χ4n) is 2.35. The third-order valence-corrected chi connectivity index (χ3v) is 3.54. The number of ether oxygens (including phenoxy) is 1. The number of pyridine rings is 1. The third kappa shape index (κ3) is 5.74. The number of aromatic nitrogens is 4. The van der Waals surface area contributed by atoms with Crippen molar-refractivity contribution in [1.82, 2.24) is 30.4 Å². The minimum Gasteiger partial charge on any atom is -0.478 e. The maximum Gasteiger partial charge on any atom is 0.218 e. The van der Waals surface area contributed by atoms with E-state index in [-0.39, 0.29) is 0 Å². The lowest BCUT2D eigenvalue weighted by atomic mass is 10.3. The topological polar surface area (TPSA) is 89.3 Å². The molecule has 2 rings (SSSR count). The van der Waals surface area contributed by atoms with Crippen LogP contribution >= 0.6 is 0 Å². The van der Waals surface area contributed by atoms with E-state index in [9.17, 15) is 0 Å². The molecule has 25 heavy (non-hydrogen) atoms. The van der Waals surface area contributed by atoms with Gasteiger partial charge in [0.25, 0.3) is 0 Å². The lowest BCUT2D eigenvalue weighted by molar-refractivity contribution is 0.323. The quantitative estimate of drug-likeness (QED) is 0.527. The highest BCUT2D eigenvalue weighted by Gasteiger charge is 2.05. The highest BCUT2D eigenvalue weighted by Crippen LogP contribution is 2.15. The van der Waals surface area contributed by atoms with Gasteiger partial charge in [-0.15, -0.1) is 10.2 Å². The molecular weight excluding hydrogens is 318 g/mol. The molecule has 0 aliphatic rings. The minimum absolute atomic E-state index is 0.505. The second-order valence-corrected chi connectivity index (χ2v) is 5.32. The van der Waals surface area contributed by atoms with Crippen LogP contribution in [-0.2, 0) is 19.5 Å². The van der Waals surface area contributed by atoms with Gasteiger partial charge in [-0.25, -0.2) is 9.98 Å². The van der Waals surface area contributed by atoms with Gasteiger partial charge in [0.15, 0.2) is 5.96 Å². The van der Waals surface area contributed by atoms with E-state index in [1.54, 1.807) is 12.5 Å². The lowest BCUT2D eigenvalue weighted by Gasteiger charge is -2.13. The fraction of sp³-hybridized carbons (Fsp3) is 0.529. The molecule has 2 aromatic rings. The predicted octanol–water partition coefficient (Wildman–Crippen LogP) is 1.39. The Balaban J connectivity index is 1.94. The summed E-state index contributed by atoms with van der Waals surface area (Å²) in [6, 6.07) is 3.88. The Morgan fingerprint density at radius 3 is 2.92 bits per heavy atom. The monoisotopic (exact) mass is 345 g/mol. The molecule has 0 spiro atoms. The Hall–Kier alpha value is -2.64. The highest BCUT2D eigenvalue weighted by molar-refractivity contribution is 5.79. The van der Waals surface area contributed by atoms with Crippen LogP contribution in [0.4, 0.5) is 0 Å². The van der Waals surface area contributed by atoms with Crippen molar-refractivity contribution in [3.05, 3.63) is 36.0 Å². The van der Waals surface area contributed by atoms with Gasteiger partial charge in [-0.3, -0.25) is 0 Å². The van der Waals surface area contributed by atoms with Crippen LogP contribution in [0.2, 0.25) is 0 Å². The summed E-state index contributed by atoms with van der Waals surface area (Å²) in [6.07, 6.45) is 4.36. The Kier molecular flexibility index (Phi) is 7.68. The molecule has 0 aliphatic carbocycles. The molecule has 0 aliphatic heterocycles. The van der Waals surface area contributed by atoms with Crippen LogP contribution in [0.5, 0.6) is 5.88 Å². The summed E-state index contributed by atoms with van der Waals surface area (Å²) in [7, 11) is 0. The van der Waals surface area contributed by atoms with E-state index in [1.807, 2.05) is 30.5 Å². The molecule has 2 heterocycles. The molecule has 0 unspecified atom stereocenters. The van der Waals surface area contributed by atoms with Crippen molar-refractivity contribution < 1.29 is 4.74 Å². The molecular formula is C17H27N7O. The number of hydrogen-bond acceptors (Lipinski definition) is 5. The van der Waals surface area contributed by atoms with Crippen molar-refractivity contribution in [3.8, 4) is 5.88 Å². The van der Waals surface area contributed by atoms with E-state index in [0.717, 1.165) is 43.4 Å². The van der Waals surface area contributed by atoms with E-state index in [4.69, 9.17) is 4.74 Å². The first-order chi connectivity index (χ1) is 12.3. The maximum atomic E-state index is 5.55. The van der Waals surface area contributed by atoms with Gasteiger partial charge in [0.1, 0.15) is 12.2 Å². The van der Waals surface area contributed by atoms with Crippen LogP contribution in [0.3, 0.4) is 0 Å². The summed E-state index contributed by atoms with van der Waals surface area (Å²) in [5.41, 5.74) is 0.966. The summed E-state index contributed by atoms with van der Waals surface area (Å²) in [5.74, 6) is 2.39. The lowest BCUT2D eigenvalue weighted by Crippen LogP contribution is -2.39. The van der Waals surface area contributed by atoms with Gasteiger partial charge in [-0.2, -0.15) is 0 Å². The number of nitrogens with one attached hydrogen (secondary N) is 2. The minimum atomic E-state index is 0.505. The Labute approximate surface area is 148 Å². The molecule has 2 N–H and O–H groups in total. The average molecular weight is 345 g/mol. The van der Waals surface area contributed by atoms with Crippen molar-refractivity contribution in [2.24, 2.45) is 4.99 Å². The Morgan fingerprint density at radius 1 is 1.28 bits per heavy atom. The molecule has 0 fully saturated rings. The second-order valence-electron chi connectivity index (χ2n) is 5.32. The average Bonchev–Trinajstić information content (AvgIpc) is 3.08. The molecule has 2 aromatic heterocycles. The molecule has 0 aromatic carbocycles. The summed E-state index contributed by atoms with van der Waals surface area (Å²) >= 11 is 0. The zero-order valence-corrected chi connectivity index (χ0v) is 15.2. The summed E-state index contributed by atoms with van der Waals surface area (Å²) in [6.45, 7) is 9.48. The summed E-state index contributed by atoms with van der Waals surface area (Å²) < 4.78 is 7.59. The van der Waals surface area contributed by atoms with Gasteiger partial charge in [-0.05, 0) is 19.9 Å². The molecule has 8 nitrogen and oxygen atoms in total. The molecule has 0 radical (unpaired) electrons. The standard InChI is InChI=1S/C17H27N7O/c1-4-15-23-22-13-24(15)11-10-20-17(18-5-2)21-12-14-8-7-9-19-16(14)25-6-3/h7-9,13H,4-6,10-12H2,1-3H3,(H2,18,20,21). The molecule has 8 heteroatoms. The highest BCUT2D eigenvalue weighted by atomic mass is 16.5. The molecule has 0 saturated heterocycles. The van der Waals surface area contributed by atoms with Gasteiger partial charge in [0.2, 0.25) is 5.88 Å². The first kappa shape index (κ1) is 18.7. The number of nitrogens with zero attached hydrogens (tertiary/aromatic N) is 5. The first-order valence-electron chi connectivity index (χ1n) is 8.74. The van der Waals surface area contributed by atoms with Crippen LogP contribution < -0.4 is 15.4 Å². The molecule has 0 amide bonds. The van der Waals surface area contributed by atoms with Crippen molar-refractivity contribution in [2.75, 3.05) is 19.7 Å². The zero-order chi connectivity index (χ0) is 17.9. The van der Waals surface area contributed by atoms with Gasteiger partial charge < -0.3 is 19.9 Å². The Bertz CT molecular complexity index is 669. The normalized spacial score (nSPS) is 11.4. The van der Waals surface area contributed by atoms with E-state index in [0.29, 0.717) is 19.0 Å². The van der Waals surface area contributed by atoms with E-state index in [2.05, 4.69) is 37.7 Å². The number of rotatable bonds is 9. The smallest absolute Gasteiger partial charge is 0.218 e. The second kappa shape index (κ2) is 10.3. The number of hydrogen-bond donors (Lipinski definition) is 2. The fourth-order valence-corrected chi connectivity index (χ4v) is 2.35. The third-order valence-electron chi connectivity index (χ3n) is 3.54. The predicted molar refractivity (Wildman–Crippen MR) is 97.6 cm³/mol. The summed E-state index contributed by atoms with van der Waals surface area (Å²) in [5, 5.41) is 14.6. The maximum absolute atomic E-state index is 5.55. The van der Waals surface area contributed by atoms with Crippen LogP contribution in [0.15, 0.2) is 29.6 Å². The van der Waals surface area contributed by atoms with E-state index >= 15 is 0 Å². The number of guanidine groups is 1. The van der Waals surface area contributed by atoms with Gasteiger partial charge in [0, 0.05) is 37.8 Å². The van der Waals surface area contributed by atoms with Crippen LogP contribution in [0.25, 0.3) is 0 Å². The van der Waals surface area contributed by atoms with Gasteiger partial charge in [0.05, 0.1) is 13.2 Å².